The third-order valence-electron chi connectivity index (χ3n) is 2.71. The molecule has 1 rings (SSSR count). The highest BCUT2D eigenvalue weighted by Crippen LogP contribution is 2.26. The monoisotopic (exact) mass is 279 g/mol. The van der Waals surface area contributed by atoms with Crippen molar-refractivity contribution in [2.45, 2.75) is 43.7 Å². The highest BCUT2D eigenvalue weighted by Gasteiger charge is 2.53. The van der Waals surface area contributed by atoms with E-state index in [0.717, 1.165) is 6.92 Å². The summed E-state index contributed by atoms with van der Waals surface area (Å²) in [6, 6.07) is -1.75. The quantitative estimate of drug-likeness (QED) is 0.226. The van der Waals surface area contributed by atoms with Crippen molar-refractivity contribution in [1.82, 2.24) is 5.32 Å². The first kappa shape index (κ1) is 16.0. The summed E-state index contributed by atoms with van der Waals surface area (Å²) in [6.45, 7) is 0.407. The Kier molecular flexibility index (Phi) is 4.96. The summed E-state index contributed by atoms with van der Waals surface area (Å²) in [6.07, 6.45) is -5.33. The second-order valence-corrected chi connectivity index (χ2v) is 4.40. The van der Waals surface area contributed by atoms with Gasteiger partial charge in [-0.05, 0) is 6.92 Å². The van der Waals surface area contributed by atoms with Crippen LogP contribution >= 0.6 is 0 Å². The predicted molar refractivity (Wildman–Crippen MR) is 58.4 cm³/mol. The van der Waals surface area contributed by atoms with Gasteiger partial charge < -0.3 is 35.6 Å². The Labute approximate surface area is 108 Å². The molecule has 0 aromatic rings. The Bertz CT molecular complexity index is 357. The number of ketones is 1. The first-order valence-corrected chi connectivity index (χ1v) is 5.57. The van der Waals surface area contributed by atoms with Crippen LogP contribution in [0.5, 0.6) is 0 Å². The zero-order valence-electron chi connectivity index (χ0n) is 10.2. The lowest BCUT2D eigenvalue weighted by Gasteiger charge is -2.44. The molecule has 19 heavy (non-hydrogen) atoms. The number of aliphatic hydroxyl groups excluding tert-OH is 3. The van der Waals surface area contributed by atoms with Crippen LogP contribution in [0.15, 0.2) is 0 Å². The summed E-state index contributed by atoms with van der Waals surface area (Å²) >= 11 is 0. The fourth-order valence-electron chi connectivity index (χ4n) is 1.78. The fourth-order valence-corrected chi connectivity index (χ4v) is 1.78. The molecule has 0 bridgehead atoms. The van der Waals surface area contributed by atoms with Crippen LogP contribution in [0.2, 0.25) is 0 Å². The van der Waals surface area contributed by atoms with Crippen molar-refractivity contribution in [3.05, 3.63) is 0 Å². The van der Waals surface area contributed by atoms with E-state index in [1.807, 2.05) is 5.32 Å². The van der Waals surface area contributed by atoms with Gasteiger partial charge in [0.2, 0.25) is 5.91 Å². The van der Waals surface area contributed by atoms with Gasteiger partial charge in [-0.3, -0.25) is 9.59 Å². The molecular weight excluding hydrogens is 262 g/mol. The van der Waals surface area contributed by atoms with Gasteiger partial charge in [0.05, 0.1) is 13.0 Å². The number of hydrogen-bond acceptors (Lipinski definition) is 8. The highest BCUT2D eigenvalue weighted by molar-refractivity contribution is 5.96. The van der Waals surface area contributed by atoms with E-state index in [1.165, 1.54) is 0 Å². The summed E-state index contributed by atoms with van der Waals surface area (Å²) in [4.78, 5) is 22.1. The molecule has 9 heteroatoms. The zero-order chi connectivity index (χ0) is 14.8. The topological polar surface area (TPSA) is 157 Å². The molecule has 9 nitrogen and oxygen atoms in total. The number of carbonyl (C=O) groups excluding carboxylic acids is 2. The maximum atomic E-state index is 11.4. The van der Waals surface area contributed by atoms with E-state index in [9.17, 15) is 30.0 Å². The van der Waals surface area contributed by atoms with Gasteiger partial charge in [-0.25, -0.2) is 0 Å². The van der Waals surface area contributed by atoms with Crippen LogP contribution in [0.25, 0.3) is 0 Å². The number of amides is 1. The summed E-state index contributed by atoms with van der Waals surface area (Å²) in [5.74, 6) is -4.29. The molecule has 1 heterocycles. The summed E-state index contributed by atoms with van der Waals surface area (Å²) < 4.78 is 4.58. The van der Waals surface area contributed by atoms with Crippen LogP contribution < -0.4 is 5.32 Å². The first-order chi connectivity index (χ1) is 8.69. The molecule has 0 unspecified atom stereocenters. The maximum Gasteiger partial charge on any atom is 0.302 e. The van der Waals surface area contributed by atoms with Gasteiger partial charge in [0.1, 0.15) is 30.1 Å². The van der Waals surface area contributed by atoms with Crippen molar-refractivity contribution in [1.29, 1.82) is 0 Å². The van der Waals surface area contributed by atoms with Gasteiger partial charge in [-0.15, -0.1) is 0 Å². The lowest BCUT2D eigenvalue weighted by Crippen LogP contribution is -2.70. The van der Waals surface area contributed by atoms with Crippen LogP contribution in [0.3, 0.4) is 0 Å². The van der Waals surface area contributed by atoms with Crippen molar-refractivity contribution in [2.24, 2.45) is 0 Å². The summed E-state index contributed by atoms with van der Waals surface area (Å²) in [7, 11) is 0. The number of carbonyl (C=O) groups is 2. The third kappa shape index (κ3) is 3.69. The molecule has 1 amide bonds. The van der Waals surface area contributed by atoms with Crippen LogP contribution in [-0.2, 0) is 14.3 Å². The molecule has 6 N–H and O–H groups in total. The van der Waals surface area contributed by atoms with E-state index in [-0.39, 0.29) is 0 Å². The lowest BCUT2D eigenvalue weighted by molar-refractivity contribution is -0.410. The Balaban J connectivity index is 2.80. The van der Waals surface area contributed by atoms with E-state index in [2.05, 4.69) is 4.74 Å². The fraction of sp³-hybridized carbons (Fsp3) is 0.800. The predicted octanol–water partition coefficient (Wildman–Crippen LogP) is -3.80. The first-order valence-electron chi connectivity index (χ1n) is 5.57. The van der Waals surface area contributed by atoms with Gasteiger partial charge in [0.15, 0.2) is 0 Å². The minimum absolute atomic E-state index is 0.459. The van der Waals surface area contributed by atoms with Crippen molar-refractivity contribution in [2.75, 3.05) is 6.61 Å². The van der Waals surface area contributed by atoms with E-state index in [4.69, 9.17) is 5.11 Å². The van der Waals surface area contributed by atoms with Crippen molar-refractivity contribution in [3.63, 3.8) is 0 Å². The van der Waals surface area contributed by atoms with Gasteiger partial charge in [-0.1, -0.05) is 0 Å². The SMILES string of the molecule is CC(=O)CC(=O)N[C@@H]1[C@@H](O)[C@@H](O)[C@@H](CO)OC1(O)O. The number of rotatable bonds is 4. The minimum Gasteiger partial charge on any atom is -0.394 e. The average molecular weight is 279 g/mol. The molecule has 1 aliphatic rings. The number of Topliss-reactive ketones (excluding diaryl/α,β-unsaturated/α-hetero) is 1. The van der Waals surface area contributed by atoms with E-state index < -0.39 is 55.0 Å². The van der Waals surface area contributed by atoms with E-state index in [1.54, 1.807) is 0 Å². The van der Waals surface area contributed by atoms with Gasteiger partial charge in [0, 0.05) is 0 Å². The molecule has 0 aromatic carbocycles. The van der Waals surface area contributed by atoms with Crippen molar-refractivity contribution >= 4 is 11.7 Å². The Morgan fingerprint density at radius 1 is 1.26 bits per heavy atom. The van der Waals surface area contributed by atoms with Crippen LogP contribution in [0.1, 0.15) is 13.3 Å². The van der Waals surface area contributed by atoms with E-state index >= 15 is 0 Å². The number of aliphatic hydroxyl groups is 5. The molecule has 4 atom stereocenters. The highest BCUT2D eigenvalue weighted by atomic mass is 16.8. The van der Waals surface area contributed by atoms with Crippen LogP contribution in [-0.4, -0.2) is 74.2 Å². The Morgan fingerprint density at radius 2 is 1.84 bits per heavy atom. The molecular formula is C10H17NO8. The Morgan fingerprint density at radius 3 is 2.32 bits per heavy atom. The van der Waals surface area contributed by atoms with Crippen LogP contribution in [0.4, 0.5) is 0 Å². The third-order valence-corrected chi connectivity index (χ3v) is 2.71. The molecule has 0 radical (unpaired) electrons. The molecule has 0 spiro atoms. The number of ether oxygens (including phenoxy) is 1. The standard InChI is InChI=1S/C10H17NO8/c1-4(13)2-6(14)11-9-8(16)7(15)5(3-12)19-10(9,17)18/h5,7-9,12,15-18H,2-3H2,1H3,(H,11,14)/t5-,7+,8+,9-/m1/s1. The smallest absolute Gasteiger partial charge is 0.302 e. The normalized spacial score (nSPS) is 33.8. The summed E-state index contributed by atoms with van der Waals surface area (Å²) in [5.41, 5.74) is 0. The van der Waals surface area contributed by atoms with Gasteiger partial charge in [0.25, 0.3) is 0 Å². The molecule has 0 saturated carbocycles. The molecule has 1 fully saturated rings. The lowest BCUT2D eigenvalue weighted by atomic mass is 9.95. The van der Waals surface area contributed by atoms with Gasteiger partial charge in [-0.2, -0.15) is 0 Å². The molecule has 0 aromatic heterocycles. The van der Waals surface area contributed by atoms with Gasteiger partial charge >= 0.3 is 5.97 Å². The molecule has 110 valence electrons. The largest absolute Gasteiger partial charge is 0.394 e. The maximum absolute atomic E-state index is 11.4. The second-order valence-electron chi connectivity index (χ2n) is 4.40. The minimum atomic E-state index is -2.97. The van der Waals surface area contributed by atoms with Crippen molar-refractivity contribution < 1.29 is 39.9 Å². The zero-order valence-corrected chi connectivity index (χ0v) is 10.2. The second kappa shape index (κ2) is 5.90. The molecule has 1 aliphatic heterocycles. The Hall–Kier alpha value is -1.10. The average Bonchev–Trinajstić information content (AvgIpc) is 2.28. The van der Waals surface area contributed by atoms with Crippen LogP contribution in [0, 0.1) is 0 Å². The number of nitrogens with one attached hydrogen (secondary N) is 1. The molecule has 1 saturated heterocycles. The van der Waals surface area contributed by atoms with E-state index in [0.29, 0.717) is 0 Å². The molecule has 0 aliphatic carbocycles. The van der Waals surface area contributed by atoms with Crippen molar-refractivity contribution in [3.8, 4) is 0 Å². The summed E-state index contributed by atoms with van der Waals surface area (Å²) in [5, 5.41) is 49.2. The number of hydrogen-bond donors (Lipinski definition) is 6.